The van der Waals surface area contributed by atoms with Crippen LogP contribution in [0.5, 0.6) is 5.75 Å². The predicted molar refractivity (Wildman–Crippen MR) is 88.5 cm³/mol. The zero-order chi connectivity index (χ0) is 17.0. The summed E-state index contributed by atoms with van der Waals surface area (Å²) in [7, 11) is 0. The Labute approximate surface area is 136 Å². The van der Waals surface area contributed by atoms with E-state index in [4.69, 9.17) is 10.5 Å². The maximum Gasteiger partial charge on any atom is 0.252 e. The van der Waals surface area contributed by atoms with E-state index in [9.17, 15) is 9.59 Å². The van der Waals surface area contributed by atoms with Crippen molar-refractivity contribution in [1.82, 2.24) is 5.32 Å². The van der Waals surface area contributed by atoms with Crippen LogP contribution >= 0.6 is 0 Å². The summed E-state index contributed by atoms with van der Waals surface area (Å²) in [6, 6.07) is 5.42. The second-order valence-corrected chi connectivity index (χ2v) is 6.29. The lowest BCUT2D eigenvalue weighted by molar-refractivity contribution is -0.130. The van der Waals surface area contributed by atoms with E-state index in [1.54, 1.807) is 6.07 Å². The molecular weight excluding hydrogens is 294 g/mol. The summed E-state index contributed by atoms with van der Waals surface area (Å²) in [6.45, 7) is 6.51. The lowest BCUT2D eigenvalue weighted by atomic mass is 9.93. The third-order valence-corrected chi connectivity index (χ3v) is 3.69. The number of carbonyl (C=O) groups is 2. The molecule has 0 fully saturated rings. The molecule has 2 rings (SSSR count). The van der Waals surface area contributed by atoms with E-state index in [0.717, 1.165) is 12.0 Å². The summed E-state index contributed by atoms with van der Waals surface area (Å²) in [5.41, 5.74) is 6.65. The fourth-order valence-electron chi connectivity index (χ4n) is 2.33. The Morgan fingerprint density at radius 1 is 1.43 bits per heavy atom. The lowest BCUT2D eigenvalue weighted by Crippen LogP contribution is -2.41. The topological polar surface area (TPSA) is 93.8 Å². The number of amidine groups is 1. The Morgan fingerprint density at radius 3 is 2.87 bits per heavy atom. The van der Waals surface area contributed by atoms with Crippen molar-refractivity contribution in [2.45, 2.75) is 33.6 Å². The number of nitrogens with two attached hydrogens (primary N) is 1. The summed E-state index contributed by atoms with van der Waals surface area (Å²) < 4.78 is 5.84. The molecule has 0 saturated heterocycles. The summed E-state index contributed by atoms with van der Waals surface area (Å²) in [4.78, 5) is 27.5. The van der Waals surface area contributed by atoms with Crippen molar-refractivity contribution in [2.75, 3.05) is 13.2 Å². The third-order valence-electron chi connectivity index (χ3n) is 3.69. The van der Waals surface area contributed by atoms with E-state index in [1.807, 2.05) is 32.9 Å². The number of amides is 2. The number of carbonyl (C=O) groups excluding carboxylic acids is 2. The number of aliphatic imine (C=N–C) groups is 1. The molecule has 1 aliphatic rings. The number of rotatable bonds is 6. The van der Waals surface area contributed by atoms with Gasteiger partial charge in [-0.3, -0.25) is 9.59 Å². The first-order valence-corrected chi connectivity index (χ1v) is 7.75. The number of hydrogen-bond acceptors (Lipinski definition) is 4. The van der Waals surface area contributed by atoms with Crippen molar-refractivity contribution < 1.29 is 14.3 Å². The number of ether oxygens (including phenoxy) is 1. The molecule has 23 heavy (non-hydrogen) atoms. The number of fused-ring (bicyclic) bond motifs is 1. The molecule has 0 aromatic heterocycles. The number of nitrogens with one attached hydrogen (secondary N) is 1. The molecule has 1 aromatic carbocycles. The smallest absolute Gasteiger partial charge is 0.252 e. The molecular formula is C17H23N3O3. The molecule has 6 heteroatoms. The average Bonchev–Trinajstić information content (AvgIpc) is 2.49. The molecule has 6 nitrogen and oxygen atoms in total. The molecule has 3 N–H and O–H groups in total. The highest BCUT2D eigenvalue weighted by atomic mass is 16.5. The highest BCUT2D eigenvalue weighted by Crippen LogP contribution is 2.27. The summed E-state index contributed by atoms with van der Waals surface area (Å²) in [6.07, 6.45) is 1.10. The minimum Gasteiger partial charge on any atom is -0.492 e. The molecule has 0 bridgehead atoms. The molecule has 1 heterocycles. The van der Waals surface area contributed by atoms with Gasteiger partial charge < -0.3 is 15.8 Å². The van der Waals surface area contributed by atoms with Crippen molar-refractivity contribution >= 4 is 17.6 Å². The van der Waals surface area contributed by atoms with Gasteiger partial charge >= 0.3 is 0 Å². The molecule has 0 radical (unpaired) electrons. The van der Waals surface area contributed by atoms with Gasteiger partial charge in [-0.2, -0.15) is 4.99 Å². The van der Waals surface area contributed by atoms with Crippen LogP contribution in [0.25, 0.3) is 0 Å². The Morgan fingerprint density at radius 2 is 2.17 bits per heavy atom. The van der Waals surface area contributed by atoms with Crippen LogP contribution in [-0.4, -0.2) is 30.8 Å². The van der Waals surface area contributed by atoms with Gasteiger partial charge in [0.05, 0.1) is 17.4 Å². The van der Waals surface area contributed by atoms with Crippen molar-refractivity contribution in [2.24, 2.45) is 16.1 Å². The second-order valence-electron chi connectivity index (χ2n) is 6.29. The van der Waals surface area contributed by atoms with Gasteiger partial charge in [-0.25, -0.2) is 0 Å². The Bertz CT molecular complexity index is 650. The molecule has 124 valence electrons. The molecule has 1 aliphatic heterocycles. The normalized spacial score (nSPS) is 14.0. The van der Waals surface area contributed by atoms with Crippen LogP contribution in [-0.2, 0) is 16.0 Å². The maximum absolute atomic E-state index is 12.2. The van der Waals surface area contributed by atoms with E-state index >= 15 is 0 Å². The first-order valence-electron chi connectivity index (χ1n) is 7.75. The average molecular weight is 317 g/mol. The zero-order valence-electron chi connectivity index (χ0n) is 13.8. The van der Waals surface area contributed by atoms with Gasteiger partial charge in [-0.05, 0) is 31.9 Å². The third kappa shape index (κ3) is 3.88. The Balaban J connectivity index is 2.14. The highest BCUT2D eigenvalue weighted by molar-refractivity contribution is 6.10. The largest absolute Gasteiger partial charge is 0.492 e. The number of hydrogen-bond donors (Lipinski definition) is 2. The SMILES string of the molecule is CCCNC(=O)C(C)(C)COc1cccc2c1C(N)=NC(=O)C2. The first kappa shape index (κ1) is 17.0. The van der Waals surface area contributed by atoms with Crippen LogP contribution in [0.4, 0.5) is 0 Å². The van der Waals surface area contributed by atoms with Crippen LogP contribution in [0.1, 0.15) is 38.3 Å². The minimum absolute atomic E-state index is 0.0547. The van der Waals surface area contributed by atoms with Crippen LogP contribution in [0.15, 0.2) is 23.2 Å². The van der Waals surface area contributed by atoms with E-state index in [0.29, 0.717) is 17.9 Å². The van der Waals surface area contributed by atoms with E-state index in [1.165, 1.54) is 0 Å². The summed E-state index contributed by atoms with van der Waals surface area (Å²) in [5, 5.41) is 2.87. The summed E-state index contributed by atoms with van der Waals surface area (Å²) >= 11 is 0. The maximum atomic E-state index is 12.2. The van der Waals surface area contributed by atoms with Gasteiger partial charge in [0.15, 0.2) is 0 Å². The van der Waals surface area contributed by atoms with Crippen LogP contribution in [0, 0.1) is 5.41 Å². The first-order chi connectivity index (χ1) is 10.8. The Hall–Kier alpha value is -2.37. The fourth-order valence-corrected chi connectivity index (χ4v) is 2.33. The van der Waals surface area contributed by atoms with Crippen LogP contribution in [0.3, 0.4) is 0 Å². The molecule has 0 spiro atoms. The van der Waals surface area contributed by atoms with E-state index in [-0.39, 0.29) is 30.7 Å². The van der Waals surface area contributed by atoms with Crippen molar-refractivity contribution in [1.29, 1.82) is 0 Å². The van der Waals surface area contributed by atoms with Crippen molar-refractivity contribution in [3.8, 4) is 5.75 Å². The minimum atomic E-state index is -0.672. The lowest BCUT2D eigenvalue weighted by Gasteiger charge is -2.25. The van der Waals surface area contributed by atoms with E-state index < -0.39 is 5.41 Å². The zero-order valence-corrected chi connectivity index (χ0v) is 13.8. The fraction of sp³-hybridized carbons (Fsp3) is 0.471. The predicted octanol–water partition coefficient (Wildman–Crippen LogP) is 1.41. The van der Waals surface area contributed by atoms with Gasteiger partial charge in [0.2, 0.25) is 5.91 Å². The number of nitrogens with zero attached hydrogens (tertiary/aromatic N) is 1. The molecule has 0 saturated carbocycles. The van der Waals surface area contributed by atoms with Gasteiger partial charge in [0.1, 0.15) is 18.2 Å². The van der Waals surface area contributed by atoms with Gasteiger partial charge in [-0.1, -0.05) is 19.1 Å². The molecule has 0 unspecified atom stereocenters. The standard InChI is InChI=1S/C17H23N3O3/c1-4-8-19-16(22)17(2,3)10-23-12-7-5-6-11-9-13(21)20-15(18)14(11)12/h5-7H,4,8-10H2,1-3H3,(H,19,22)(H2,18,20,21). The van der Waals surface area contributed by atoms with Crippen molar-refractivity contribution in [3.05, 3.63) is 29.3 Å². The highest BCUT2D eigenvalue weighted by Gasteiger charge is 2.29. The van der Waals surface area contributed by atoms with Crippen LogP contribution < -0.4 is 15.8 Å². The molecule has 2 amide bonds. The van der Waals surface area contributed by atoms with Crippen LogP contribution in [0.2, 0.25) is 0 Å². The Kier molecular flexibility index (Phi) is 5.03. The quantitative estimate of drug-likeness (QED) is 0.829. The van der Waals surface area contributed by atoms with E-state index in [2.05, 4.69) is 10.3 Å². The molecule has 0 aliphatic carbocycles. The molecule has 1 aromatic rings. The number of benzene rings is 1. The second kappa shape index (κ2) is 6.81. The monoisotopic (exact) mass is 317 g/mol. The van der Waals surface area contributed by atoms with Crippen molar-refractivity contribution in [3.63, 3.8) is 0 Å². The van der Waals surface area contributed by atoms with Gasteiger partial charge in [-0.15, -0.1) is 0 Å². The molecule has 0 atom stereocenters. The van der Waals surface area contributed by atoms with Gasteiger partial charge in [0, 0.05) is 6.54 Å². The van der Waals surface area contributed by atoms with Gasteiger partial charge in [0.25, 0.3) is 5.91 Å². The summed E-state index contributed by atoms with van der Waals surface area (Å²) in [5.74, 6) is 0.403.